The molecule has 0 spiro atoms. The number of carbonyl (C=O) groups excluding carboxylic acids is 1. The van der Waals surface area contributed by atoms with Gasteiger partial charge in [0.25, 0.3) is 5.91 Å². The van der Waals surface area contributed by atoms with Crippen molar-refractivity contribution in [1.29, 1.82) is 0 Å². The number of phenols is 1. The maximum absolute atomic E-state index is 12.2. The summed E-state index contributed by atoms with van der Waals surface area (Å²) in [6.07, 6.45) is 0. The molecule has 0 unspecified atom stereocenters. The molecule has 1 N–H and O–H groups in total. The minimum Gasteiger partial charge on any atom is -0.508 e. The molecule has 0 bridgehead atoms. The Morgan fingerprint density at radius 2 is 1.84 bits per heavy atom. The molecule has 0 aromatic heterocycles. The molecule has 0 aliphatic rings. The SMILES string of the molecule is Cc1ccc(CN(C)C(=O)c2cccc(O)c2)cc1. The number of amides is 1. The Bertz CT molecular complexity index is 576. The van der Waals surface area contributed by atoms with E-state index in [1.807, 2.05) is 31.2 Å². The van der Waals surface area contributed by atoms with Crippen molar-refractivity contribution in [2.75, 3.05) is 7.05 Å². The Hall–Kier alpha value is -2.29. The molecule has 0 atom stereocenters. The predicted octanol–water partition coefficient (Wildman–Crippen LogP) is 2.97. The van der Waals surface area contributed by atoms with E-state index in [4.69, 9.17) is 0 Å². The van der Waals surface area contributed by atoms with Crippen LogP contribution < -0.4 is 0 Å². The summed E-state index contributed by atoms with van der Waals surface area (Å²) in [5.74, 6) is 0.00561. The van der Waals surface area contributed by atoms with Crippen molar-refractivity contribution in [3.05, 3.63) is 65.2 Å². The summed E-state index contributed by atoms with van der Waals surface area (Å²) in [6.45, 7) is 2.58. The van der Waals surface area contributed by atoms with E-state index in [0.29, 0.717) is 12.1 Å². The number of rotatable bonds is 3. The monoisotopic (exact) mass is 255 g/mol. The Labute approximate surface area is 113 Å². The molecule has 0 aliphatic heterocycles. The van der Waals surface area contributed by atoms with Crippen LogP contribution in [0.4, 0.5) is 0 Å². The van der Waals surface area contributed by atoms with Gasteiger partial charge in [0, 0.05) is 19.2 Å². The number of nitrogens with zero attached hydrogens (tertiary/aromatic N) is 1. The van der Waals surface area contributed by atoms with Crippen LogP contribution in [0.2, 0.25) is 0 Å². The van der Waals surface area contributed by atoms with Gasteiger partial charge in [-0.1, -0.05) is 35.9 Å². The first-order chi connectivity index (χ1) is 9.06. The van der Waals surface area contributed by atoms with Crippen LogP contribution in [-0.2, 0) is 6.54 Å². The van der Waals surface area contributed by atoms with E-state index in [1.54, 1.807) is 30.1 Å². The van der Waals surface area contributed by atoms with Gasteiger partial charge in [0.15, 0.2) is 0 Å². The molecule has 98 valence electrons. The Morgan fingerprint density at radius 1 is 1.16 bits per heavy atom. The van der Waals surface area contributed by atoms with Gasteiger partial charge >= 0.3 is 0 Å². The molecular formula is C16H17NO2. The fourth-order valence-corrected chi connectivity index (χ4v) is 1.90. The summed E-state index contributed by atoms with van der Waals surface area (Å²) in [6, 6.07) is 14.5. The summed E-state index contributed by atoms with van der Waals surface area (Å²) < 4.78 is 0. The lowest BCUT2D eigenvalue weighted by molar-refractivity contribution is 0.0784. The number of benzene rings is 2. The van der Waals surface area contributed by atoms with Crippen LogP contribution in [0.5, 0.6) is 5.75 Å². The molecule has 0 aliphatic carbocycles. The Kier molecular flexibility index (Phi) is 3.85. The zero-order valence-corrected chi connectivity index (χ0v) is 11.1. The topological polar surface area (TPSA) is 40.5 Å². The predicted molar refractivity (Wildman–Crippen MR) is 75.1 cm³/mol. The second kappa shape index (κ2) is 5.57. The van der Waals surface area contributed by atoms with Crippen LogP contribution in [0.3, 0.4) is 0 Å². The van der Waals surface area contributed by atoms with Crippen LogP contribution in [0.15, 0.2) is 48.5 Å². The van der Waals surface area contributed by atoms with Crippen LogP contribution >= 0.6 is 0 Å². The van der Waals surface area contributed by atoms with Gasteiger partial charge in [0.05, 0.1) is 0 Å². The van der Waals surface area contributed by atoms with Gasteiger partial charge in [-0.25, -0.2) is 0 Å². The highest BCUT2D eigenvalue weighted by atomic mass is 16.3. The Morgan fingerprint density at radius 3 is 2.47 bits per heavy atom. The van der Waals surface area contributed by atoms with Gasteiger partial charge in [0.1, 0.15) is 5.75 Å². The molecule has 2 aromatic rings. The first-order valence-electron chi connectivity index (χ1n) is 6.16. The molecular weight excluding hydrogens is 238 g/mol. The lowest BCUT2D eigenvalue weighted by Gasteiger charge is -2.17. The van der Waals surface area contributed by atoms with E-state index < -0.39 is 0 Å². The van der Waals surface area contributed by atoms with E-state index in [-0.39, 0.29) is 11.7 Å². The van der Waals surface area contributed by atoms with Crippen molar-refractivity contribution in [3.8, 4) is 5.75 Å². The largest absolute Gasteiger partial charge is 0.508 e. The third-order valence-electron chi connectivity index (χ3n) is 2.98. The number of hydrogen-bond acceptors (Lipinski definition) is 2. The highest BCUT2D eigenvalue weighted by Crippen LogP contribution is 2.14. The maximum atomic E-state index is 12.2. The quantitative estimate of drug-likeness (QED) is 0.916. The normalized spacial score (nSPS) is 10.2. The van der Waals surface area contributed by atoms with Crippen LogP contribution in [-0.4, -0.2) is 23.0 Å². The third kappa shape index (κ3) is 3.35. The average molecular weight is 255 g/mol. The van der Waals surface area contributed by atoms with E-state index >= 15 is 0 Å². The van der Waals surface area contributed by atoms with Crippen molar-refractivity contribution in [2.45, 2.75) is 13.5 Å². The van der Waals surface area contributed by atoms with Crippen molar-refractivity contribution in [2.24, 2.45) is 0 Å². The van der Waals surface area contributed by atoms with E-state index in [9.17, 15) is 9.90 Å². The smallest absolute Gasteiger partial charge is 0.254 e. The fraction of sp³-hybridized carbons (Fsp3) is 0.188. The van der Waals surface area contributed by atoms with Crippen molar-refractivity contribution in [1.82, 2.24) is 4.90 Å². The van der Waals surface area contributed by atoms with Crippen molar-refractivity contribution < 1.29 is 9.90 Å². The molecule has 0 heterocycles. The number of aromatic hydroxyl groups is 1. The molecule has 3 nitrogen and oxygen atoms in total. The summed E-state index contributed by atoms with van der Waals surface area (Å²) in [7, 11) is 1.76. The minimum absolute atomic E-state index is 0.100. The molecule has 19 heavy (non-hydrogen) atoms. The Balaban J connectivity index is 2.09. The van der Waals surface area contributed by atoms with Crippen LogP contribution in [0.25, 0.3) is 0 Å². The zero-order chi connectivity index (χ0) is 13.8. The highest BCUT2D eigenvalue weighted by Gasteiger charge is 2.12. The summed E-state index contributed by atoms with van der Waals surface area (Å²) in [5, 5.41) is 9.39. The fourth-order valence-electron chi connectivity index (χ4n) is 1.90. The third-order valence-corrected chi connectivity index (χ3v) is 2.98. The molecule has 0 fully saturated rings. The van der Waals surface area contributed by atoms with E-state index in [2.05, 4.69) is 0 Å². The van der Waals surface area contributed by atoms with Crippen molar-refractivity contribution >= 4 is 5.91 Å². The standard InChI is InChI=1S/C16H17NO2/c1-12-6-8-13(9-7-12)11-17(2)16(19)14-4-3-5-15(18)10-14/h3-10,18H,11H2,1-2H3. The van der Waals surface area contributed by atoms with Gasteiger partial charge in [-0.15, -0.1) is 0 Å². The van der Waals surface area contributed by atoms with Gasteiger partial charge in [-0.05, 0) is 30.7 Å². The van der Waals surface area contributed by atoms with Gasteiger partial charge in [-0.2, -0.15) is 0 Å². The molecule has 2 aromatic carbocycles. The van der Waals surface area contributed by atoms with Crippen LogP contribution in [0.1, 0.15) is 21.5 Å². The second-order valence-electron chi connectivity index (χ2n) is 4.70. The molecule has 3 heteroatoms. The lowest BCUT2D eigenvalue weighted by Crippen LogP contribution is -2.26. The van der Waals surface area contributed by atoms with Gasteiger partial charge in [0.2, 0.25) is 0 Å². The lowest BCUT2D eigenvalue weighted by atomic mass is 10.1. The molecule has 0 saturated carbocycles. The summed E-state index contributed by atoms with van der Waals surface area (Å²) >= 11 is 0. The van der Waals surface area contributed by atoms with E-state index in [1.165, 1.54) is 11.6 Å². The molecule has 0 radical (unpaired) electrons. The average Bonchev–Trinajstić information content (AvgIpc) is 2.40. The highest BCUT2D eigenvalue weighted by molar-refractivity contribution is 5.94. The van der Waals surface area contributed by atoms with Crippen LogP contribution in [0, 0.1) is 6.92 Å². The zero-order valence-electron chi connectivity index (χ0n) is 11.1. The second-order valence-corrected chi connectivity index (χ2v) is 4.70. The van der Waals surface area contributed by atoms with Crippen molar-refractivity contribution in [3.63, 3.8) is 0 Å². The first-order valence-corrected chi connectivity index (χ1v) is 6.16. The number of hydrogen-bond donors (Lipinski definition) is 1. The number of phenolic OH excluding ortho intramolecular Hbond substituents is 1. The molecule has 2 rings (SSSR count). The molecule has 0 saturated heterocycles. The van der Waals surface area contributed by atoms with E-state index in [0.717, 1.165) is 5.56 Å². The minimum atomic E-state index is -0.100. The molecule has 1 amide bonds. The van der Waals surface area contributed by atoms with Gasteiger partial charge < -0.3 is 10.0 Å². The first kappa shape index (κ1) is 13.1. The maximum Gasteiger partial charge on any atom is 0.254 e. The summed E-state index contributed by atoms with van der Waals surface area (Å²) in [4.78, 5) is 13.8. The number of aryl methyl sites for hydroxylation is 1. The summed E-state index contributed by atoms with van der Waals surface area (Å²) in [5.41, 5.74) is 2.78. The number of carbonyl (C=O) groups is 1. The van der Waals surface area contributed by atoms with Gasteiger partial charge in [-0.3, -0.25) is 4.79 Å².